The summed E-state index contributed by atoms with van der Waals surface area (Å²) in [5.41, 5.74) is 7.91. The smallest absolute Gasteiger partial charge is 0.107 e. The fraction of sp³-hybridized carbons (Fsp3) is 0.562. The molecule has 1 heterocycles. The van der Waals surface area contributed by atoms with Crippen molar-refractivity contribution in [1.29, 1.82) is 0 Å². The van der Waals surface area contributed by atoms with Crippen LogP contribution in [-0.4, -0.2) is 17.6 Å². The summed E-state index contributed by atoms with van der Waals surface area (Å²) in [4.78, 5) is 2.93. The SMILES string of the molecule is NC(=S)c1c(Cl)cccc1N1CCCC2CCCCC21. The van der Waals surface area contributed by atoms with Gasteiger partial charge in [-0.1, -0.05) is 42.7 Å². The molecule has 108 valence electrons. The summed E-state index contributed by atoms with van der Waals surface area (Å²) in [6.07, 6.45) is 7.99. The molecule has 2 unspecified atom stereocenters. The van der Waals surface area contributed by atoms with Gasteiger partial charge in [0.2, 0.25) is 0 Å². The maximum atomic E-state index is 6.32. The molecule has 3 rings (SSSR count). The van der Waals surface area contributed by atoms with Gasteiger partial charge in [-0.15, -0.1) is 0 Å². The van der Waals surface area contributed by atoms with Crippen molar-refractivity contribution in [3.8, 4) is 0 Å². The van der Waals surface area contributed by atoms with Crippen LogP contribution in [0.4, 0.5) is 5.69 Å². The minimum Gasteiger partial charge on any atom is -0.389 e. The monoisotopic (exact) mass is 308 g/mol. The number of rotatable bonds is 2. The largest absolute Gasteiger partial charge is 0.389 e. The summed E-state index contributed by atoms with van der Waals surface area (Å²) >= 11 is 11.5. The van der Waals surface area contributed by atoms with Gasteiger partial charge < -0.3 is 10.6 Å². The van der Waals surface area contributed by atoms with E-state index in [1.165, 1.54) is 38.5 Å². The Morgan fingerprint density at radius 3 is 2.75 bits per heavy atom. The highest BCUT2D eigenvalue weighted by Crippen LogP contribution is 2.39. The van der Waals surface area contributed by atoms with Crippen molar-refractivity contribution in [3.63, 3.8) is 0 Å². The number of fused-ring (bicyclic) bond motifs is 1. The number of piperidine rings is 1. The minimum atomic E-state index is 0.406. The first-order chi connectivity index (χ1) is 9.68. The average molecular weight is 309 g/mol. The van der Waals surface area contributed by atoms with E-state index < -0.39 is 0 Å². The lowest BCUT2D eigenvalue weighted by Crippen LogP contribution is -2.47. The van der Waals surface area contributed by atoms with Gasteiger partial charge in [0, 0.05) is 18.3 Å². The Morgan fingerprint density at radius 2 is 1.95 bits per heavy atom. The van der Waals surface area contributed by atoms with Gasteiger partial charge in [0.25, 0.3) is 0 Å². The van der Waals surface area contributed by atoms with Crippen LogP contribution in [0.1, 0.15) is 44.1 Å². The highest BCUT2D eigenvalue weighted by Gasteiger charge is 2.34. The molecule has 2 fully saturated rings. The van der Waals surface area contributed by atoms with Crippen LogP contribution in [0.25, 0.3) is 0 Å². The summed E-state index contributed by atoms with van der Waals surface area (Å²) in [7, 11) is 0. The van der Waals surface area contributed by atoms with Crippen LogP contribution in [0.2, 0.25) is 5.02 Å². The summed E-state index contributed by atoms with van der Waals surface area (Å²) < 4.78 is 0. The fourth-order valence-corrected chi connectivity index (χ4v) is 4.46. The second-order valence-electron chi connectivity index (χ2n) is 5.95. The molecule has 1 aliphatic carbocycles. The molecule has 0 aromatic heterocycles. The number of thiocarbonyl (C=S) groups is 1. The molecule has 0 spiro atoms. The van der Waals surface area contributed by atoms with Gasteiger partial charge in [-0.25, -0.2) is 0 Å². The number of anilines is 1. The van der Waals surface area contributed by atoms with Crippen LogP contribution in [0, 0.1) is 5.92 Å². The van der Waals surface area contributed by atoms with Gasteiger partial charge in [-0.3, -0.25) is 0 Å². The van der Waals surface area contributed by atoms with E-state index in [2.05, 4.69) is 11.0 Å². The van der Waals surface area contributed by atoms with Crippen LogP contribution < -0.4 is 10.6 Å². The number of halogens is 1. The van der Waals surface area contributed by atoms with Crippen molar-refractivity contribution in [2.75, 3.05) is 11.4 Å². The summed E-state index contributed by atoms with van der Waals surface area (Å²) in [6, 6.07) is 6.65. The molecule has 2 N–H and O–H groups in total. The van der Waals surface area contributed by atoms with E-state index in [4.69, 9.17) is 29.6 Å². The molecule has 0 radical (unpaired) electrons. The second-order valence-corrected chi connectivity index (χ2v) is 6.79. The Bertz CT molecular complexity index is 515. The molecule has 0 bridgehead atoms. The first-order valence-electron chi connectivity index (χ1n) is 7.53. The van der Waals surface area contributed by atoms with Crippen LogP contribution >= 0.6 is 23.8 Å². The number of hydrogen-bond donors (Lipinski definition) is 1. The maximum Gasteiger partial charge on any atom is 0.107 e. The van der Waals surface area contributed by atoms with Crippen LogP contribution in [0.15, 0.2) is 18.2 Å². The molecular formula is C16H21ClN2S. The number of nitrogens with two attached hydrogens (primary N) is 1. The minimum absolute atomic E-state index is 0.406. The first kappa shape index (κ1) is 14.2. The van der Waals surface area contributed by atoms with Gasteiger partial charge >= 0.3 is 0 Å². The molecule has 1 saturated carbocycles. The Morgan fingerprint density at radius 1 is 1.20 bits per heavy atom. The van der Waals surface area contributed by atoms with E-state index in [-0.39, 0.29) is 0 Å². The lowest BCUT2D eigenvalue weighted by molar-refractivity contribution is 0.244. The lowest BCUT2D eigenvalue weighted by Gasteiger charge is -2.46. The van der Waals surface area contributed by atoms with Gasteiger partial charge in [-0.05, 0) is 43.7 Å². The number of hydrogen-bond acceptors (Lipinski definition) is 2. The second kappa shape index (κ2) is 5.90. The molecule has 1 saturated heterocycles. The van der Waals surface area contributed by atoms with E-state index in [1.807, 2.05) is 12.1 Å². The summed E-state index contributed by atoms with van der Waals surface area (Å²) in [5, 5.41) is 0.674. The van der Waals surface area contributed by atoms with Gasteiger partial charge in [0.15, 0.2) is 0 Å². The quantitative estimate of drug-likeness (QED) is 0.833. The standard InChI is InChI=1S/C16H21ClN2S/c17-12-7-3-9-14(15(12)16(18)20)19-10-4-6-11-5-1-2-8-13(11)19/h3,7,9,11,13H,1-2,4-6,8,10H2,(H2,18,20). The van der Waals surface area contributed by atoms with E-state index >= 15 is 0 Å². The van der Waals surface area contributed by atoms with Crippen molar-refractivity contribution in [2.45, 2.75) is 44.6 Å². The molecule has 1 aromatic rings. The maximum absolute atomic E-state index is 6.32. The van der Waals surface area contributed by atoms with E-state index in [1.54, 1.807) is 0 Å². The molecule has 1 aliphatic heterocycles. The highest BCUT2D eigenvalue weighted by atomic mass is 35.5. The molecule has 2 atom stereocenters. The zero-order valence-electron chi connectivity index (χ0n) is 11.6. The summed E-state index contributed by atoms with van der Waals surface area (Å²) in [5.74, 6) is 0.829. The highest BCUT2D eigenvalue weighted by molar-refractivity contribution is 7.80. The molecule has 20 heavy (non-hydrogen) atoms. The Kier molecular flexibility index (Phi) is 4.18. The van der Waals surface area contributed by atoms with Crippen LogP contribution in [-0.2, 0) is 0 Å². The van der Waals surface area contributed by atoms with E-state index in [0.29, 0.717) is 16.1 Å². The van der Waals surface area contributed by atoms with Crippen LogP contribution in [0.3, 0.4) is 0 Å². The van der Waals surface area contributed by atoms with Crippen LogP contribution in [0.5, 0.6) is 0 Å². The zero-order chi connectivity index (χ0) is 14.1. The topological polar surface area (TPSA) is 29.3 Å². The first-order valence-corrected chi connectivity index (χ1v) is 8.32. The van der Waals surface area contributed by atoms with Crippen molar-refractivity contribution >= 4 is 34.5 Å². The lowest BCUT2D eigenvalue weighted by atomic mass is 9.78. The Labute approximate surface area is 131 Å². The fourth-order valence-electron chi connectivity index (χ4n) is 3.92. The van der Waals surface area contributed by atoms with E-state index in [9.17, 15) is 0 Å². The third-order valence-corrected chi connectivity index (χ3v) is 5.31. The summed E-state index contributed by atoms with van der Waals surface area (Å²) in [6.45, 7) is 1.09. The molecule has 4 heteroatoms. The predicted molar refractivity (Wildman–Crippen MR) is 89.7 cm³/mol. The molecule has 2 nitrogen and oxygen atoms in total. The van der Waals surface area contributed by atoms with Gasteiger partial charge in [0.05, 0.1) is 10.6 Å². The molecular weight excluding hydrogens is 288 g/mol. The van der Waals surface area contributed by atoms with Crippen molar-refractivity contribution in [2.24, 2.45) is 11.7 Å². The van der Waals surface area contributed by atoms with Gasteiger partial charge in [0.1, 0.15) is 4.99 Å². The molecule has 0 amide bonds. The average Bonchev–Trinajstić information content (AvgIpc) is 2.46. The van der Waals surface area contributed by atoms with E-state index in [0.717, 1.165) is 23.7 Å². The molecule has 2 aliphatic rings. The van der Waals surface area contributed by atoms with Crippen molar-refractivity contribution < 1.29 is 0 Å². The third-order valence-electron chi connectivity index (χ3n) is 4.79. The molecule has 1 aromatic carbocycles. The Balaban J connectivity index is 1.99. The Hall–Kier alpha value is -0.800. The van der Waals surface area contributed by atoms with Gasteiger partial charge in [-0.2, -0.15) is 0 Å². The van der Waals surface area contributed by atoms with Crippen molar-refractivity contribution in [3.05, 3.63) is 28.8 Å². The predicted octanol–water partition coefficient (Wildman–Crippen LogP) is 4.13. The third kappa shape index (κ3) is 2.53. The zero-order valence-corrected chi connectivity index (χ0v) is 13.2. The normalized spacial score (nSPS) is 26.1. The number of nitrogens with zero attached hydrogens (tertiary/aromatic N) is 1. The van der Waals surface area contributed by atoms with Crippen molar-refractivity contribution in [1.82, 2.24) is 0 Å². The number of benzene rings is 1.